The van der Waals surface area contributed by atoms with Gasteiger partial charge in [-0.2, -0.15) is 0 Å². The van der Waals surface area contributed by atoms with Crippen LogP contribution in [0, 0.1) is 5.82 Å². The van der Waals surface area contributed by atoms with Crippen LogP contribution >= 0.6 is 0 Å². The summed E-state index contributed by atoms with van der Waals surface area (Å²) in [6, 6.07) is 25.2. The van der Waals surface area contributed by atoms with E-state index in [1.54, 1.807) is 30.3 Å². The number of nitrogens with one attached hydrogen (secondary N) is 1. The Labute approximate surface area is 193 Å². The van der Waals surface area contributed by atoms with E-state index < -0.39 is 0 Å². The van der Waals surface area contributed by atoms with E-state index in [1.807, 2.05) is 50.2 Å². The fourth-order valence-electron chi connectivity index (χ4n) is 3.66. The molecule has 1 atom stereocenters. The van der Waals surface area contributed by atoms with Crippen molar-refractivity contribution in [3.8, 4) is 11.5 Å². The third-order valence-electron chi connectivity index (χ3n) is 5.46. The van der Waals surface area contributed by atoms with Crippen LogP contribution in [0.1, 0.15) is 41.4 Å². The van der Waals surface area contributed by atoms with E-state index in [1.165, 1.54) is 12.1 Å². The monoisotopic (exact) mass is 443 g/mol. The summed E-state index contributed by atoms with van der Waals surface area (Å²) in [7, 11) is 0. The quantitative estimate of drug-likeness (QED) is 0.341. The molecule has 0 saturated carbocycles. The van der Waals surface area contributed by atoms with Gasteiger partial charge in [0.15, 0.2) is 0 Å². The summed E-state index contributed by atoms with van der Waals surface area (Å²) in [4.78, 5) is 12.9. The van der Waals surface area contributed by atoms with E-state index in [2.05, 4.69) is 11.4 Å². The molecule has 33 heavy (non-hydrogen) atoms. The summed E-state index contributed by atoms with van der Waals surface area (Å²) in [6.07, 6.45) is 0. The van der Waals surface area contributed by atoms with E-state index in [4.69, 9.17) is 9.47 Å². The lowest BCUT2D eigenvalue weighted by Gasteiger charge is -2.16. The second kappa shape index (κ2) is 10.2. The Bertz CT molecular complexity index is 1250. The van der Waals surface area contributed by atoms with Crippen molar-refractivity contribution in [2.24, 2.45) is 0 Å². The predicted octanol–water partition coefficient (Wildman–Crippen LogP) is 6.45. The molecule has 0 bridgehead atoms. The van der Waals surface area contributed by atoms with Crippen molar-refractivity contribution in [1.82, 2.24) is 5.32 Å². The molecule has 0 radical (unpaired) electrons. The third-order valence-corrected chi connectivity index (χ3v) is 5.46. The van der Waals surface area contributed by atoms with Crippen LogP contribution < -0.4 is 14.8 Å². The molecular formula is C28H26FNO3. The number of amides is 1. The SMILES string of the molecule is CCOc1ccc(C(=O)N[C@@H](C)c2ccc(F)cc2)cc1COc1ccc2ccccc2c1. The topological polar surface area (TPSA) is 47.6 Å². The van der Waals surface area contributed by atoms with Gasteiger partial charge in [-0.3, -0.25) is 4.79 Å². The zero-order valence-electron chi connectivity index (χ0n) is 18.7. The highest BCUT2D eigenvalue weighted by atomic mass is 19.1. The van der Waals surface area contributed by atoms with Crippen LogP contribution in [0.5, 0.6) is 11.5 Å². The first-order chi connectivity index (χ1) is 16.0. The molecule has 0 aliphatic carbocycles. The Morgan fingerprint density at radius 3 is 2.42 bits per heavy atom. The maximum atomic E-state index is 13.2. The normalized spacial score (nSPS) is 11.7. The largest absolute Gasteiger partial charge is 0.493 e. The smallest absolute Gasteiger partial charge is 0.251 e. The van der Waals surface area contributed by atoms with Crippen molar-refractivity contribution in [3.05, 3.63) is 107 Å². The summed E-state index contributed by atoms with van der Waals surface area (Å²) in [5, 5.41) is 5.21. The van der Waals surface area contributed by atoms with Crippen LogP contribution in [0.25, 0.3) is 10.8 Å². The summed E-state index contributed by atoms with van der Waals surface area (Å²) >= 11 is 0. The molecule has 5 heteroatoms. The van der Waals surface area contributed by atoms with Gasteiger partial charge in [-0.15, -0.1) is 0 Å². The number of carbonyl (C=O) groups is 1. The Morgan fingerprint density at radius 2 is 1.67 bits per heavy atom. The Kier molecular flexibility index (Phi) is 6.89. The molecule has 1 amide bonds. The molecule has 4 nitrogen and oxygen atoms in total. The Balaban J connectivity index is 1.50. The van der Waals surface area contributed by atoms with Gasteiger partial charge in [0.2, 0.25) is 0 Å². The van der Waals surface area contributed by atoms with Crippen molar-refractivity contribution in [2.75, 3.05) is 6.61 Å². The molecule has 0 aliphatic rings. The highest BCUT2D eigenvalue weighted by Crippen LogP contribution is 2.25. The minimum atomic E-state index is -0.306. The second-order valence-corrected chi connectivity index (χ2v) is 7.80. The molecule has 1 N–H and O–H groups in total. The molecule has 0 saturated heterocycles. The van der Waals surface area contributed by atoms with Crippen LogP contribution in [-0.2, 0) is 6.61 Å². The molecule has 0 unspecified atom stereocenters. The fraction of sp³-hybridized carbons (Fsp3) is 0.179. The van der Waals surface area contributed by atoms with E-state index >= 15 is 0 Å². The van der Waals surface area contributed by atoms with Crippen LogP contribution in [0.2, 0.25) is 0 Å². The number of carbonyl (C=O) groups excluding carboxylic acids is 1. The van der Waals surface area contributed by atoms with Gasteiger partial charge in [-0.1, -0.05) is 42.5 Å². The first-order valence-corrected chi connectivity index (χ1v) is 11.0. The average molecular weight is 444 g/mol. The van der Waals surface area contributed by atoms with Crippen LogP contribution in [0.4, 0.5) is 4.39 Å². The fourth-order valence-corrected chi connectivity index (χ4v) is 3.66. The highest BCUT2D eigenvalue weighted by molar-refractivity contribution is 5.94. The summed E-state index contributed by atoms with van der Waals surface area (Å²) < 4.78 is 25.0. The Hall–Kier alpha value is -3.86. The van der Waals surface area contributed by atoms with Gasteiger partial charge in [0, 0.05) is 11.1 Å². The summed E-state index contributed by atoms with van der Waals surface area (Å²) in [5.74, 6) is 0.902. The third kappa shape index (κ3) is 5.50. The second-order valence-electron chi connectivity index (χ2n) is 7.80. The first-order valence-electron chi connectivity index (χ1n) is 11.0. The molecule has 4 aromatic rings. The number of fused-ring (bicyclic) bond motifs is 1. The van der Waals surface area contributed by atoms with Gasteiger partial charge in [-0.25, -0.2) is 4.39 Å². The minimum Gasteiger partial charge on any atom is -0.493 e. The lowest BCUT2D eigenvalue weighted by atomic mass is 10.1. The van der Waals surface area contributed by atoms with Gasteiger partial charge in [0.1, 0.15) is 23.9 Å². The van der Waals surface area contributed by atoms with Gasteiger partial charge < -0.3 is 14.8 Å². The van der Waals surface area contributed by atoms with Gasteiger partial charge in [0.25, 0.3) is 5.91 Å². The zero-order valence-corrected chi connectivity index (χ0v) is 18.7. The van der Waals surface area contributed by atoms with E-state index in [9.17, 15) is 9.18 Å². The van der Waals surface area contributed by atoms with Crippen LogP contribution in [-0.4, -0.2) is 12.5 Å². The summed E-state index contributed by atoms with van der Waals surface area (Å²) in [6.45, 7) is 4.56. The molecule has 4 aromatic carbocycles. The number of rotatable bonds is 8. The molecular weight excluding hydrogens is 417 g/mol. The minimum absolute atomic E-state index is 0.221. The Morgan fingerprint density at radius 1 is 0.909 bits per heavy atom. The lowest BCUT2D eigenvalue weighted by Crippen LogP contribution is -2.26. The van der Waals surface area contributed by atoms with Crippen LogP contribution in [0.3, 0.4) is 0 Å². The van der Waals surface area contributed by atoms with E-state index in [0.717, 1.165) is 27.6 Å². The van der Waals surface area contributed by atoms with Crippen molar-refractivity contribution in [2.45, 2.75) is 26.5 Å². The van der Waals surface area contributed by atoms with E-state index in [-0.39, 0.29) is 24.4 Å². The average Bonchev–Trinajstić information content (AvgIpc) is 2.83. The number of hydrogen-bond acceptors (Lipinski definition) is 3. The predicted molar refractivity (Wildman–Crippen MR) is 128 cm³/mol. The molecule has 0 spiro atoms. The van der Waals surface area contributed by atoms with Gasteiger partial charge in [-0.05, 0) is 72.6 Å². The number of ether oxygens (including phenoxy) is 2. The van der Waals surface area contributed by atoms with Crippen molar-refractivity contribution in [3.63, 3.8) is 0 Å². The number of benzene rings is 4. The zero-order chi connectivity index (χ0) is 23.2. The van der Waals surface area contributed by atoms with Crippen molar-refractivity contribution < 1.29 is 18.7 Å². The molecule has 0 fully saturated rings. The maximum Gasteiger partial charge on any atom is 0.251 e. The van der Waals surface area contributed by atoms with Crippen molar-refractivity contribution >= 4 is 16.7 Å². The summed E-state index contributed by atoms with van der Waals surface area (Å²) in [5.41, 5.74) is 2.12. The molecule has 4 rings (SSSR count). The highest BCUT2D eigenvalue weighted by Gasteiger charge is 2.15. The first kappa shape index (κ1) is 22.3. The molecule has 0 aliphatic heterocycles. The standard InChI is InChI=1S/C28H26FNO3/c1-3-32-27-15-11-23(28(31)30-19(2)20-8-12-25(29)13-9-20)16-24(27)18-33-26-14-10-21-6-4-5-7-22(21)17-26/h4-17,19H,3,18H2,1-2H3,(H,30,31)/t19-/m0/s1. The van der Waals surface area contributed by atoms with Gasteiger partial charge in [0.05, 0.1) is 12.6 Å². The molecule has 168 valence electrons. The van der Waals surface area contributed by atoms with Crippen LogP contribution in [0.15, 0.2) is 84.9 Å². The number of hydrogen-bond donors (Lipinski definition) is 1. The van der Waals surface area contributed by atoms with Gasteiger partial charge >= 0.3 is 0 Å². The molecule has 0 aromatic heterocycles. The van der Waals surface area contributed by atoms with Crippen molar-refractivity contribution in [1.29, 1.82) is 0 Å². The maximum absolute atomic E-state index is 13.2. The molecule has 0 heterocycles. The number of halogens is 1. The lowest BCUT2D eigenvalue weighted by molar-refractivity contribution is 0.0939. The van der Waals surface area contributed by atoms with E-state index in [0.29, 0.717) is 17.9 Å².